The van der Waals surface area contributed by atoms with Gasteiger partial charge in [0.1, 0.15) is 5.75 Å². The lowest BCUT2D eigenvalue weighted by Crippen LogP contribution is -2.29. The predicted molar refractivity (Wildman–Crippen MR) is 65.5 cm³/mol. The molecule has 0 bridgehead atoms. The summed E-state index contributed by atoms with van der Waals surface area (Å²) in [5, 5.41) is 0. The molecule has 0 aliphatic carbocycles. The van der Waals surface area contributed by atoms with Gasteiger partial charge in [-0.2, -0.15) is 0 Å². The number of rotatable bonds is 5. The Balaban J connectivity index is 2.07. The van der Waals surface area contributed by atoms with Crippen LogP contribution in [0.1, 0.15) is 17.2 Å². The van der Waals surface area contributed by atoms with E-state index in [4.69, 9.17) is 15.0 Å². The topological polar surface area (TPSA) is 60.4 Å². The number of hydrazine groups is 1. The highest BCUT2D eigenvalue weighted by Gasteiger charge is 2.11. The molecule has 0 aliphatic heterocycles. The lowest BCUT2D eigenvalue weighted by molar-refractivity contribution is 0.414. The van der Waals surface area contributed by atoms with E-state index in [0.29, 0.717) is 0 Å². The molecule has 1 unspecified atom stereocenters. The van der Waals surface area contributed by atoms with Crippen molar-refractivity contribution in [2.75, 3.05) is 7.11 Å². The van der Waals surface area contributed by atoms with Gasteiger partial charge in [-0.3, -0.25) is 11.3 Å². The molecule has 1 atom stereocenters. The van der Waals surface area contributed by atoms with E-state index < -0.39 is 0 Å². The number of nitrogens with one attached hydrogen (secondary N) is 1. The molecule has 0 spiro atoms. The minimum Gasteiger partial charge on any atom is -0.497 e. The van der Waals surface area contributed by atoms with Crippen molar-refractivity contribution in [3.63, 3.8) is 0 Å². The zero-order chi connectivity index (χ0) is 12.1. The minimum atomic E-state index is 0.0575. The first kappa shape index (κ1) is 11.7. The van der Waals surface area contributed by atoms with Crippen LogP contribution >= 0.6 is 0 Å². The van der Waals surface area contributed by atoms with Gasteiger partial charge in [0.05, 0.1) is 25.7 Å². The quantitative estimate of drug-likeness (QED) is 0.611. The number of hydrogen-bond donors (Lipinski definition) is 2. The van der Waals surface area contributed by atoms with Gasteiger partial charge in [-0.05, 0) is 30.2 Å². The minimum absolute atomic E-state index is 0.0575. The maximum Gasteiger partial charge on any atom is 0.118 e. The third kappa shape index (κ3) is 2.87. The number of nitrogens with two attached hydrogens (primary N) is 1. The summed E-state index contributed by atoms with van der Waals surface area (Å²) >= 11 is 0. The van der Waals surface area contributed by atoms with Gasteiger partial charge >= 0.3 is 0 Å². The third-order valence-electron chi connectivity index (χ3n) is 2.75. The van der Waals surface area contributed by atoms with Crippen molar-refractivity contribution >= 4 is 0 Å². The zero-order valence-electron chi connectivity index (χ0n) is 9.72. The standard InChI is InChI=1S/C13H16N2O2/c1-16-12-4-2-10(3-5-12)8-13(15-14)11-6-7-17-9-11/h2-7,9,13,15H,8,14H2,1H3. The molecule has 1 aromatic carbocycles. The molecule has 0 aliphatic rings. The van der Waals surface area contributed by atoms with Crippen LogP contribution in [-0.4, -0.2) is 7.11 Å². The van der Waals surface area contributed by atoms with Crippen molar-refractivity contribution in [1.82, 2.24) is 5.43 Å². The van der Waals surface area contributed by atoms with Gasteiger partial charge in [-0.15, -0.1) is 0 Å². The molecule has 0 saturated carbocycles. The largest absolute Gasteiger partial charge is 0.497 e. The van der Waals surface area contributed by atoms with Gasteiger partial charge in [0.2, 0.25) is 0 Å². The van der Waals surface area contributed by atoms with Gasteiger partial charge in [-0.25, -0.2) is 0 Å². The summed E-state index contributed by atoms with van der Waals surface area (Å²) in [4.78, 5) is 0. The number of furan rings is 1. The van der Waals surface area contributed by atoms with Crippen molar-refractivity contribution in [2.45, 2.75) is 12.5 Å². The second-order valence-corrected chi connectivity index (χ2v) is 3.83. The summed E-state index contributed by atoms with van der Waals surface area (Å²) in [5.41, 5.74) is 5.02. The van der Waals surface area contributed by atoms with Crippen molar-refractivity contribution in [3.8, 4) is 5.75 Å². The SMILES string of the molecule is COc1ccc(CC(NN)c2ccoc2)cc1. The summed E-state index contributed by atoms with van der Waals surface area (Å²) in [6.45, 7) is 0. The summed E-state index contributed by atoms with van der Waals surface area (Å²) in [7, 11) is 1.66. The predicted octanol–water partition coefficient (Wildman–Crippen LogP) is 2.04. The lowest BCUT2D eigenvalue weighted by atomic mass is 10.0. The number of methoxy groups -OCH3 is 1. The molecular weight excluding hydrogens is 216 g/mol. The molecule has 0 fully saturated rings. The molecule has 4 heteroatoms. The lowest BCUT2D eigenvalue weighted by Gasteiger charge is -2.14. The molecule has 17 heavy (non-hydrogen) atoms. The van der Waals surface area contributed by atoms with Crippen molar-refractivity contribution in [2.24, 2.45) is 5.84 Å². The molecule has 1 heterocycles. The molecule has 4 nitrogen and oxygen atoms in total. The van der Waals surface area contributed by atoms with Crippen LogP contribution in [-0.2, 0) is 6.42 Å². The Morgan fingerprint density at radius 3 is 2.59 bits per heavy atom. The molecule has 2 rings (SSSR count). The van der Waals surface area contributed by atoms with Gasteiger partial charge in [0, 0.05) is 5.56 Å². The third-order valence-corrected chi connectivity index (χ3v) is 2.75. The normalized spacial score (nSPS) is 12.4. The first-order chi connectivity index (χ1) is 8.33. The van der Waals surface area contributed by atoms with E-state index in [2.05, 4.69) is 5.43 Å². The summed E-state index contributed by atoms with van der Waals surface area (Å²) in [6, 6.07) is 9.92. The Morgan fingerprint density at radius 1 is 1.29 bits per heavy atom. The zero-order valence-corrected chi connectivity index (χ0v) is 9.72. The number of benzene rings is 1. The van der Waals surface area contributed by atoms with Crippen molar-refractivity contribution in [1.29, 1.82) is 0 Å². The summed E-state index contributed by atoms with van der Waals surface area (Å²) < 4.78 is 10.2. The Bertz CT molecular complexity index is 437. The molecule has 90 valence electrons. The first-order valence-corrected chi connectivity index (χ1v) is 5.44. The maximum atomic E-state index is 5.55. The Hall–Kier alpha value is -1.78. The molecule has 0 saturated heterocycles. The Kier molecular flexibility index (Phi) is 3.80. The van der Waals surface area contributed by atoms with E-state index in [0.717, 1.165) is 17.7 Å². The average molecular weight is 232 g/mol. The molecule has 1 aromatic heterocycles. The van der Waals surface area contributed by atoms with Crippen LogP contribution < -0.4 is 16.0 Å². The van der Waals surface area contributed by atoms with E-state index in [9.17, 15) is 0 Å². The molecule has 3 N–H and O–H groups in total. The summed E-state index contributed by atoms with van der Waals surface area (Å²) in [5.74, 6) is 6.41. The maximum absolute atomic E-state index is 5.55. The summed E-state index contributed by atoms with van der Waals surface area (Å²) in [6.07, 6.45) is 4.15. The number of ether oxygens (including phenoxy) is 1. The van der Waals surface area contributed by atoms with Crippen LogP contribution in [0.2, 0.25) is 0 Å². The van der Waals surface area contributed by atoms with Gasteiger partial charge in [0.25, 0.3) is 0 Å². The molecule has 0 amide bonds. The van der Waals surface area contributed by atoms with E-state index in [1.165, 1.54) is 5.56 Å². The second-order valence-electron chi connectivity index (χ2n) is 3.83. The number of hydrogen-bond acceptors (Lipinski definition) is 4. The molecular formula is C13H16N2O2. The van der Waals surface area contributed by atoms with Gasteiger partial charge in [-0.1, -0.05) is 12.1 Å². The monoisotopic (exact) mass is 232 g/mol. The fourth-order valence-corrected chi connectivity index (χ4v) is 1.74. The fourth-order valence-electron chi connectivity index (χ4n) is 1.74. The van der Waals surface area contributed by atoms with E-state index >= 15 is 0 Å². The molecule has 0 radical (unpaired) electrons. The van der Waals surface area contributed by atoms with Crippen LogP contribution in [0.5, 0.6) is 5.75 Å². The van der Waals surface area contributed by atoms with Crippen LogP contribution in [0.3, 0.4) is 0 Å². The van der Waals surface area contributed by atoms with Crippen molar-refractivity contribution < 1.29 is 9.15 Å². The first-order valence-electron chi connectivity index (χ1n) is 5.44. The van der Waals surface area contributed by atoms with Crippen LogP contribution in [0, 0.1) is 0 Å². The van der Waals surface area contributed by atoms with Crippen LogP contribution in [0.4, 0.5) is 0 Å². The smallest absolute Gasteiger partial charge is 0.118 e. The van der Waals surface area contributed by atoms with E-state index in [-0.39, 0.29) is 6.04 Å². The Morgan fingerprint density at radius 2 is 2.06 bits per heavy atom. The molecule has 2 aromatic rings. The van der Waals surface area contributed by atoms with E-state index in [1.54, 1.807) is 19.6 Å². The highest BCUT2D eigenvalue weighted by molar-refractivity contribution is 5.28. The Labute approximate surface area is 100 Å². The highest BCUT2D eigenvalue weighted by atomic mass is 16.5. The fraction of sp³-hybridized carbons (Fsp3) is 0.231. The van der Waals surface area contributed by atoms with Gasteiger partial charge in [0.15, 0.2) is 0 Å². The van der Waals surface area contributed by atoms with Crippen LogP contribution in [0.15, 0.2) is 47.3 Å². The average Bonchev–Trinajstić information content (AvgIpc) is 2.90. The van der Waals surface area contributed by atoms with Crippen LogP contribution in [0.25, 0.3) is 0 Å². The van der Waals surface area contributed by atoms with Gasteiger partial charge < -0.3 is 9.15 Å². The van der Waals surface area contributed by atoms with E-state index in [1.807, 2.05) is 30.3 Å². The highest BCUT2D eigenvalue weighted by Crippen LogP contribution is 2.19. The second kappa shape index (κ2) is 5.52. The van der Waals surface area contributed by atoms with Crippen molar-refractivity contribution in [3.05, 3.63) is 54.0 Å².